The first kappa shape index (κ1) is 20.4. The number of pyridine rings is 1. The summed E-state index contributed by atoms with van der Waals surface area (Å²) < 4.78 is 27.8. The topological polar surface area (TPSA) is 122 Å². The van der Waals surface area contributed by atoms with Gasteiger partial charge in [-0.05, 0) is 19.4 Å². The number of nitrogens with two attached hydrogens (primary N) is 1. The fraction of sp³-hybridized carbons (Fsp3) is 0.429. The van der Waals surface area contributed by atoms with E-state index in [1.54, 1.807) is 12.1 Å². The Bertz CT molecular complexity index is 1210. The van der Waals surface area contributed by atoms with E-state index in [1.165, 1.54) is 10.9 Å². The number of nitrogens with one attached hydrogen (secondary N) is 1. The highest BCUT2D eigenvalue weighted by molar-refractivity contribution is 6.01. The van der Waals surface area contributed by atoms with Crippen molar-refractivity contribution in [2.75, 3.05) is 49.6 Å². The van der Waals surface area contributed by atoms with E-state index in [2.05, 4.69) is 22.2 Å². The molecule has 1 aromatic heterocycles. The molecule has 32 heavy (non-hydrogen) atoms. The van der Waals surface area contributed by atoms with Crippen LogP contribution in [-0.2, 0) is 0 Å². The molecule has 0 saturated carbocycles. The maximum absolute atomic E-state index is 15.7. The van der Waals surface area contributed by atoms with Gasteiger partial charge in [0.15, 0.2) is 18.3 Å². The van der Waals surface area contributed by atoms with Crippen LogP contribution >= 0.6 is 0 Å². The van der Waals surface area contributed by atoms with Crippen molar-refractivity contribution in [3.8, 4) is 11.5 Å². The van der Waals surface area contributed by atoms with Gasteiger partial charge in [-0.2, -0.15) is 0 Å². The molecule has 1 saturated heterocycles. The molecule has 0 bridgehead atoms. The maximum Gasteiger partial charge on any atom is 0.511 e. The number of nitrogens with zero attached hydrogens (tertiary/aromatic N) is 3. The lowest BCUT2D eigenvalue weighted by molar-refractivity contribution is 0.143. The summed E-state index contributed by atoms with van der Waals surface area (Å²) >= 11 is 0. The first-order chi connectivity index (χ1) is 15.3. The third kappa shape index (κ3) is 2.88. The molecule has 3 unspecified atom stereocenters. The molecule has 2 aliphatic heterocycles. The second-order valence-corrected chi connectivity index (χ2v) is 8.39. The molecule has 5 rings (SSSR count). The zero-order chi connectivity index (χ0) is 22.7. The minimum absolute atomic E-state index is 0.0631. The number of fused-ring (bicyclic) bond motifs is 1. The Morgan fingerprint density at radius 2 is 2.19 bits per heavy atom. The summed E-state index contributed by atoms with van der Waals surface area (Å²) in [7, 11) is 3.61. The van der Waals surface area contributed by atoms with Crippen molar-refractivity contribution >= 4 is 28.4 Å². The van der Waals surface area contributed by atoms with Crippen molar-refractivity contribution < 1.29 is 23.8 Å². The Balaban J connectivity index is 1.72. The summed E-state index contributed by atoms with van der Waals surface area (Å²) in [4.78, 5) is 25.9. The molecule has 4 N–H and O–H groups in total. The molecular weight excluding hydrogens is 421 g/mol. The van der Waals surface area contributed by atoms with E-state index >= 15 is 4.39 Å². The predicted molar refractivity (Wildman–Crippen MR) is 117 cm³/mol. The molecular formula is C21H24FN5O5. The fourth-order valence-corrected chi connectivity index (χ4v) is 5.14. The van der Waals surface area contributed by atoms with E-state index < -0.39 is 23.2 Å². The van der Waals surface area contributed by atoms with Gasteiger partial charge in [0.05, 0.1) is 17.3 Å². The van der Waals surface area contributed by atoms with Gasteiger partial charge < -0.3 is 30.5 Å². The normalized spacial score (nSPS) is 23.9. The number of ether oxygens (including phenoxy) is 2. The van der Waals surface area contributed by atoms with Gasteiger partial charge in [-0.15, -0.1) is 0 Å². The Hall–Kier alpha value is -3.47. The van der Waals surface area contributed by atoms with Crippen LogP contribution in [0.3, 0.4) is 0 Å². The number of benzene rings is 1. The molecule has 170 valence electrons. The van der Waals surface area contributed by atoms with E-state index in [9.17, 15) is 9.59 Å². The van der Waals surface area contributed by atoms with Crippen molar-refractivity contribution in [2.45, 2.75) is 12.5 Å². The number of anilines is 2. The maximum atomic E-state index is 15.7. The molecule has 10 nitrogen and oxygen atoms in total. The zero-order valence-electron chi connectivity index (χ0n) is 17.7. The molecule has 2 aromatic rings. The molecule has 0 spiro atoms. The van der Waals surface area contributed by atoms with Gasteiger partial charge in [0.1, 0.15) is 11.2 Å². The summed E-state index contributed by atoms with van der Waals surface area (Å²) in [5, 5.41) is 13.8. The van der Waals surface area contributed by atoms with Crippen LogP contribution in [0.2, 0.25) is 0 Å². The largest absolute Gasteiger partial charge is 0.511 e. The lowest BCUT2D eigenvalue weighted by Crippen LogP contribution is -2.40. The summed E-state index contributed by atoms with van der Waals surface area (Å²) in [6.45, 7) is 1.27. The van der Waals surface area contributed by atoms with Crippen LogP contribution in [0.15, 0.2) is 23.1 Å². The smallest absolute Gasteiger partial charge is 0.467 e. The van der Waals surface area contributed by atoms with E-state index in [-0.39, 0.29) is 46.7 Å². The second-order valence-electron chi connectivity index (χ2n) is 8.39. The van der Waals surface area contributed by atoms with E-state index in [0.717, 1.165) is 6.42 Å². The molecule has 0 amide bonds. The summed E-state index contributed by atoms with van der Waals surface area (Å²) in [6.07, 6.45) is 4.84. The monoisotopic (exact) mass is 445 g/mol. The number of carbonyl (C=O) groups is 1. The number of rotatable bonds is 3. The number of hydrogen-bond acceptors (Lipinski definition) is 8. The Morgan fingerprint density at radius 3 is 2.91 bits per heavy atom. The third-order valence-electron chi connectivity index (χ3n) is 6.65. The van der Waals surface area contributed by atoms with E-state index in [1.807, 2.05) is 11.9 Å². The van der Waals surface area contributed by atoms with Gasteiger partial charge in [0.2, 0.25) is 11.2 Å². The van der Waals surface area contributed by atoms with Crippen LogP contribution in [0.5, 0.6) is 11.5 Å². The van der Waals surface area contributed by atoms with Crippen LogP contribution in [0.25, 0.3) is 10.9 Å². The summed E-state index contributed by atoms with van der Waals surface area (Å²) in [6, 6.07) is 0.285. The van der Waals surface area contributed by atoms with E-state index in [4.69, 9.17) is 15.6 Å². The van der Waals surface area contributed by atoms with Crippen molar-refractivity contribution in [2.24, 2.45) is 11.8 Å². The van der Waals surface area contributed by atoms with Gasteiger partial charge >= 0.3 is 6.16 Å². The van der Waals surface area contributed by atoms with Crippen molar-refractivity contribution in [3.63, 3.8) is 0 Å². The van der Waals surface area contributed by atoms with Crippen LogP contribution in [-0.4, -0.2) is 55.9 Å². The summed E-state index contributed by atoms with van der Waals surface area (Å²) in [5.74, 6) is -0.445. The zero-order valence-corrected chi connectivity index (χ0v) is 17.7. The second kappa shape index (κ2) is 7.30. The number of carboxylic acid groups (broad SMARTS) is 1. The molecule has 1 fully saturated rings. The molecule has 3 aliphatic rings. The Morgan fingerprint density at radius 1 is 1.41 bits per heavy atom. The highest BCUT2D eigenvalue weighted by atomic mass is 19.1. The van der Waals surface area contributed by atoms with Crippen LogP contribution in [0, 0.1) is 17.7 Å². The average Bonchev–Trinajstić information content (AvgIpc) is 3.19. The lowest BCUT2D eigenvalue weighted by atomic mass is 9.83. The van der Waals surface area contributed by atoms with Crippen molar-refractivity contribution in [1.29, 1.82) is 0 Å². The predicted octanol–water partition coefficient (Wildman–Crippen LogP) is 1.30. The van der Waals surface area contributed by atoms with Crippen molar-refractivity contribution in [3.05, 3.63) is 34.4 Å². The lowest BCUT2D eigenvalue weighted by Gasteiger charge is -2.34. The van der Waals surface area contributed by atoms with Crippen LogP contribution in [0.4, 0.5) is 20.6 Å². The van der Waals surface area contributed by atoms with Gasteiger partial charge in [0, 0.05) is 32.1 Å². The van der Waals surface area contributed by atoms with Gasteiger partial charge in [-0.1, -0.05) is 12.2 Å². The molecule has 0 radical (unpaired) electrons. The molecule has 1 aromatic carbocycles. The Kier molecular flexibility index (Phi) is 4.66. The standard InChI is InChI=1S/C21H24FN5O5/c1-24-12-5-3-4-10-6-26(7-11(10)12)18-15(22)16(23)14-17-20(18)31-9-25(2)27(17)8-13(19(14)28)32-21(29)30/h3-4,8,10-12,24H,5-7,9,23H2,1-2H3,(H,29,30). The third-order valence-corrected chi connectivity index (χ3v) is 6.65. The van der Waals surface area contributed by atoms with E-state index in [0.29, 0.717) is 19.0 Å². The molecule has 11 heteroatoms. The number of halogens is 1. The first-order valence-corrected chi connectivity index (χ1v) is 10.4. The fourth-order valence-electron chi connectivity index (χ4n) is 5.14. The highest BCUT2D eigenvalue weighted by Crippen LogP contribution is 2.46. The number of hydrogen-bond donors (Lipinski definition) is 3. The Labute approximate surface area is 182 Å². The van der Waals surface area contributed by atoms with Gasteiger partial charge in [-0.25, -0.2) is 9.18 Å². The van der Waals surface area contributed by atoms with Crippen LogP contribution < -0.4 is 35.9 Å². The highest BCUT2D eigenvalue weighted by Gasteiger charge is 2.41. The molecule has 1 aliphatic carbocycles. The number of nitrogen functional groups attached to an aromatic ring is 1. The average molecular weight is 445 g/mol. The molecule has 3 heterocycles. The van der Waals surface area contributed by atoms with Crippen LogP contribution in [0.1, 0.15) is 6.42 Å². The van der Waals surface area contributed by atoms with Crippen molar-refractivity contribution in [1.82, 2.24) is 9.99 Å². The molecule has 3 atom stereocenters. The van der Waals surface area contributed by atoms with Gasteiger partial charge in [-0.3, -0.25) is 14.5 Å². The number of aromatic nitrogens is 1. The SMILES string of the molecule is CNC1CC=CC2CN(c3c(F)c(N)c4c(=O)c(OC(=O)O)cn5c4c3OCN5C)CC21. The minimum atomic E-state index is -1.65. The van der Waals surface area contributed by atoms with Gasteiger partial charge in [0.25, 0.3) is 0 Å². The first-order valence-electron chi connectivity index (χ1n) is 10.4. The summed E-state index contributed by atoms with van der Waals surface area (Å²) in [5.41, 5.74) is 5.47. The quantitative estimate of drug-likeness (QED) is 0.364. The minimum Gasteiger partial charge on any atom is -0.467 e.